The van der Waals surface area contributed by atoms with E-state index >= 15 is 0 Å². The number of carboxylic acids is 1. The molecule has 3 N–H and O–H groups in total. The standard InChI is InChI=1S/C10H10O6/c11-8(12)5-16-10(15)7-3-1-2-6(4-7)9(13)14/h1-4,8,11-12H,5H2,(H,13,14). The molecular weight excluding hydrogens is 216 g/mol. The Morgan fingerprint density at radius 3 is 2.44 bits per heavy atom. The van der Waals surface area contributed by atoms with Gasteiger partial charge in [0.05, 0.1) is 11.1 Å². The van der Waals surface area contributed by atoms with Gasteiger partial charge in [0.15, 0.2) is 6.29 Å². The minimum absolute atomic E-state index is 0.0422. The van der Waals surface area contributed by atoms with Crippen LogP contribution >= 0.6 is 0 Å². The minimum atomic E-state index is -1.74. The molecule has 6 nitrogen and oxygen atoms in total. The molecule has 0 aromatic heterocycles. The highest BCUT2D eigenvalue weighted by Gasteiger charge is 2.11. The SMILES string of the molecule is O=C(O)c1cccc(C(=O)OCC(O)O)c1. The molecule has 0 aliphatic rings. The number of carboxylic acid groups (broad SMARTS) is 1. The number of hydrogen-bond donors (Lipinski definition) is 3. The van der Waals surface area contributed by atoms with Gasteiger partial charge in [-0.2, -0.15) is 0 Å². The number of esters is 1. The van der Waals surface area contributed by atoms with E-state index in [4.69, 9.17) is 15.3 Å². The Labute approximate surface area is 90.7 Å². The van der Waals surface area contributed by atoms with Crippen LogP contribution < -0.4 is 0 Å². The third-order valence-electron chi connectivity index (χ3n) is 1.71. The molecule has 0 heterocycles. The number of aromatic carboxylic acids is 1. The predicted octanol–water partition coefficient (Wildman–Crippen LogP) is -0.148. The predicted molar refractivity (Wildman–Crippen MR) is 51.9 cm³/mol. The molecule has 0 saturated heterocycles. The van der Waals surface area contributed by atoms with E-state index in [2.05, 4.69) is 4.74 Å². The molecule has 0 bridgehead atoms. The van der Waals surface area contributed by atoms with Crippen molar-refractivity contribution in [3.63, 3.8) is 0 Å². The van der Waals surface area contributed by atoms with Crippen LogP contribution in [0.25, 0.3) is 0 Å². The third kappa shape index (κ3) is 3.34. The van der Waals surface area contributed by atoms with Gasteiger partial charge in [0.25, 0.3) is 0 Å². The first-order chi connectivity index (χ1) is 7.50. The molecule has 0 saturated carbocycles. The summed E-state index contributed by atoms with van der Waals surface area (Å²) in [5.41, 5.74) is -0.000420. The van der Waals surface area contributed by atoms with Crippen LogP contribution in [-0.4, -0.2) is 40.2 Å². The Bertz CT molecular complexity index is 398. The van der Waals surface area contributed by atoms with Crippen LogP contribution in [0.1, 0.15) is 20.7 Å². The molecule has 0 amide bonds. The fraction of sp³-hybridized carbons (Fsp3) is 0.200. The number of carbonyl (C=O) groups excluding carboxylic acids is 1. The second-order valence-corrected chi connectivity index (χ2v) is 2.97. The molecule has 0 unspecified atom stereocenters. The van der Waals surface area contributed by atoms with Crippen molar-refractivity contribution in [2.75, 3.05) is 6.61 Å². The van der Waals surface area contributed by atoms with Crippen molar-refractivity contribution in [3.8, 4) is 0 Å². The van der Waals surface area contributed by atoms with E-state index in [0.29, 0.717) is 0 Å². The van der Waals surface area contributed by atoms with Crippen molar-refractivity contribution in [2.45, 2.75) is 6.29 Å². The summed E-state index contributed by atoms with van der Waals surface area (Å²) < 4.78 is 4.49. The molecule has 1 rings (SSSR count). The van der Waals surface area contributed by atoms with E-state index in [0.717, 1.165) is 6.07 Å². The first-order valence-electron chi connectivity index (χ1n) is 4.37. The lowest BCUT2D eigenvalue weighted by atomic mass is 10.1. The number of benzene rings is 1. The van der Waals surface area contributed by atoms with Crippen LogP contribution in [0.3, 0.4) is 0 Å². The maximum absolute atomic E-state index is 11.3. The molecule has 0 fully saturated rings. The Morgan fingerprint density at radius 2 is 1.88 bits per heavy atom. The lowest BCUT2D eigenvalue weighted by Crippen LogP contribution is -2.17. The second kappa shape index (κ2) is 5.24. The van der Waals surface area contributed by atoms with Gasteiger partial charge in [0.1, 0.15) is 6.61 Å². The first-order valence-corrected chi connectivity index (χ1v) is 4.37. The monoisotopic (exact) mass is 226 g/mol. The normalized spacial score (nSPS) is 10.2. The van der Waals surface area contributed by atoms with Gasteiger partial charge in [-0.15, -0.1) is 0 Å². The number of ether oxygens (including phenoxy) is 1. The summed E-state index contributed by atoms with van der Waals surface area (Å²) in [6.07, 6.45) is -1.74. The third-order valence-corrected chi connectivity index (χ3v) is 1.71. The van der Waals surface area contributed by atoms with Crippen LogP contribution in [0.4, 0.5) is 0 Å². The molecule has 1 aromatic rings. The maximum atomic E-state index is 11.3. The second-order valence-electron chi connectivity index (χ2n) is 2.97. The van der Waals surface area contributed by atoms with Crippen molar-refractivity contribution in [1.82, 2.24) is 0 Å². The fourth-order valence-corrected chi connectivity index (χ4v) is 1.01. The summed E-state index contributed by atoms with van der Waals surface area (Å²) in [6, 6.07) is 5.25. The van der Waals surface area contributed by atoms with E-state index in [1.165, 1.54) is 18.2 Å². The Morgan fingerprint density at radius 1 is 1.25 bits per heavy atom. The van der Waals surface area contributed by atoms with E-state index in [1.807, 2.05) is 0 Å². The smallest absolute Gasteiger partial charge is 0.338 e. The number of hydrogen-bond acceptors (Lipinski definition) is 5. The zero-order chi connectivity index (χ0) is 12.1. The van der Waals surface area contributed by atoms with Gasteiger partial charge in [0, 0.05) is 0 Å². The summed E-state index contributed by atoms with van der Waals surface area (Å²) in [4.78, 5) is 21.9. The van der Waals surface area contributed by atoms with E-state index in [1.54, 1.807) is 0 Å². The van der Waals surface area contributed by atoms with Gasteiger partial charge in [-0.25, -0.2) is 9.59 Å². The van der Waals surface area contributed by atoms with Crippen molar-refractivity contribution in [2.24, 2.45) is 0 Å². The number of aliphatic hydroxyl groups excluding tert-OH is 1. The lowest BCUT2D eigenvalue weighted by Gasteiger charge is -2.06. The summed E-state index contributed by atoms with van der Waals surface area (Å²) >= 11 is 0. The molecule has 86 valence electrons. The summed E-state index contributed by atoms with van der Waals surface area (Å²) in [6.45, 7) is -0.559. The van der Waals surface area contributed by atoms with Crippen molar-refractivity contribution in [1.29, 1.82) is 0 Å². The zero-order valence-electron chi connectivity index (χ0n) is 8.16. The molecule has 16 heavy (non-hydrogen) atoms. The van der Waals surface area contributed by atoms with Crippen molar-refractivity contribution >= 4 is 11.9 Å². The highest BCUT2D eigenvalue weighted by Crippen LogP contribution is 2.07. The molecule has 0 aliphatic heterocycles. The quantitative estimate of drug-likeness (QED) is 0.487. The van der Waals surface area contributed by atoms with Crippen LogP contribution in [0.15, 0.2) is 24.3 Å². The number of carbonyl (C=O) groups is 2. The van der Waals surface area contributed by atoms with E-state index in [9.17, 15) is 9.59 Å². The number of rotatable bonds is 4. The molecule has 0 radical (unpaired) electrons. The van der Waals surface area contributed by atoms with Gasteiger partial charge in [-0.05, 0) is 18.2 Å². The van der Waals surface area contributed by atoms with E-state index < -0.39 is 24.8 Å². The van der Waals surface area contributed by atoms with Crippen LogP contribution in [0.5, 0.6) is 0 Å². The van der Waals surface area contributed by atoms with Crippen LogP contribution in [0.2, 0.25) is 0 Å². The van der Waals surface area contributed by atoms with Crippen molar-refractivity contribution in [3.05, 3.63) is 35.4 Å². The number of aliphatic hydroxyl groups is 2. The van der Waals surface area contributed by atoms with Crippen molar-refractivity contribution < 1.29 is 29.6 Å². The maximum Gasteiger partial charge on any atom is 0.338 e. The van der Waals surface area contributed by atoms with Crippen LogP contribution in [-0.2, 0) is 4.74 Å². The van der Waals surface area contributed by atoms with Gasteiger partial charge >= 0.3 is 11.9 Å². The molecule has 1 aromatic carbocycles. The Kier molecular flexibility index (Phi) is 3.98. The largest absolute Gasteiger partial charge is 0.478 e. The Balaban J connectivity index is 2.76. The average Bonchev–Trinajstić information content (AvgIpc) is 2.26. The van der Waals surface area contributed by atoms with Gasteiger partial charge < -0.3 is 20.1 Å². The Hall–Kier alpha value is -1.92. The van der Waals surface area contributed by atoms with E-state index in [-0.39, 0.29) is 11.1 Å². The molecule has 0 atom stereocenters. The van der Waals surface area contributed by atoms with Gasteiger partial charge in [0.2, 0.25) is 0 Å². The highest BCUT2D eigenvalue weighted by atomic mass is 16.6. The molecular formula is C10H10O6. The summed E-state index contributed by atoms with van der Waals surface area (Å²) in [7, 11) is 0. The lowest BCUT2D eigenvalue weighted by molar-refractivity contribution is -0.0812. The molecule has 0 spiro atoms. The molecule has 0 aliphatic carbocycles. The van der Waals surface area contributed by atoms with Crippen LogP contribution in [0, 0.1) is 0 Å². The van der Waals surface area contributed by atoms with Gasteiger partial charge in [-0.1, -0.05) is 6.07 Å². The zero-order valence-corrected chi connectivity index (χ0v) is 8.16. The summed E-state index contributed by atoms with van der Waals surface area (Å²) in [5, 5.41) is 25.6. The molecule has 6 heteroatoms. The average molecular weight is 226 g/mol. The summed E-state index contributed by atoms with van der Waals surface area (Å²) in [5.74, 6) is -1.96. The topological polar surface area (TPSA) is 104 Å². The van der Waals surface area contributed by atoms with Gasteiger partial charge in [-0.3, -0.25) is 0 Å². The first kappa shape index (κ1) is 12.2. The highest BCUT2D eigenvalue weighted by molar-refractivity contribution is 5.94. The minimum Gasteiger partial charge on any atom is -0.478 e. The fourth-order valence-electron chi connectivity index (χ4n) is 1.01.